The van der Waals surface area contributed by atoms with Crippen molar-refractivity contribution in [2.75, 3.05) is 0 Å². The van der Waals surface area contributed by atoms with Gasteiger partial charge in [0.25, 0.3) is 17.8 Å². The van der Waals surface area contributed by atoms with E-state index in [0.717, 1.165) is 6.07 Å². The maximum absolute atomic E-state index is 11.7. The van der Waals surface area contributed by atoms with Crippen molar-refractivity contribution in [3.63, 3.8) is 0 Å². The second-order valence-electron chi connectivity index (χ2n) is 3.60. The van der Waals surface area contributed by atoms with Crippen LogP contribution in [0.25, 0.3) is 0 Å². The quantitative estimate of drug-likeness (QED) is 0.459. The molecule has 0 radical (unpaired) electrons. The van der Waals surface area contributed by atoms with Crippen LogP contribution in [0.2, 0.25) is 0 Å². The molecule has 1 unspecified atom stereocenters. The third kappa shape index (κ3) is 3.31. The fourth-order valence-electron chi connectivity index (χ4n) is 1.33. The first kappa shape index (κ1) is 14.2. The second-order valence-corrected chi connectivity index (χ2v) is 3.60. The molecule has 9 nitrogen and oxygen atoms in total. The van der Waals surface area contributed by atoms with Crippen LogP contribution in [0.15, 0.2) is 23.4 Å². The fourth-order valence-corrected chi connectivity index (χ4v) is 1.33. The van der Waals surface area contributed by atoms with Crippen LogP contribution >= 0.6 is 0 Å². The van der Waals surface area contributed by atoms with Crippen LogP contribution < -0.4 is 5.32 Å². The summed E-state index contributed by atoms with van der Waals surface area (Å²) in [5, 5.41) is 23.3. The summed E-state index contributed by atoms with van der Waals surface area (Å²) < 4.78 is 0. The van der Waals surface area contributed by atoms with E-state index in [2.05, 4.69) is 5.18 Å². The number of nitrogens with one attached hydrogen (secondary N) is 1. The Kier molecular flexibility index (Phi) is 4.24. The van der Waals surface area contributed by atoms with E-state index >= 15 is 0 Å². The summed E-state index contributed by atoms with van der Waals surface area (Å²) >= 11 is 0. The Morgan fingerprint density at radius 2 is 2.11 bits per heavy atom. The lowest BCUT2D eigenvalue weighted by molar-refractivity contribution is -0.385. The van der Waals surface area contributed by atoms with Crippen molar-refractivity contribution in [3.05, 3.63) is 44.3 Å². The molecule has 0 aromatic heterocycles. The van der Waals surface area contributed by atoms with Crippen LogP contribution in [-0.2, 0) is 4.79 Å². The average Bonchev–Trinajstić information content (AvgIpc) is 2.34. The lowest BCUT2D eigenvalue weighted by atomic mass is 10.1. The highest BCUT2D eigenvalue weighted by Crippen LogP contribution is 2.19. The molecular weight excluding hydrogens is 258 g/mol. The number of hydrogen-bond donors (Lipinski definition) is 2. The molecule has 0 saturated heterocycles. The number of carboxylic acids is 1. The Morgan fingerprint density at radius 1 is 1.47 bits per heavy atom. The first-order valence-corrected chi connectivity index (χ1v) is 4.98. The molecule has 0 spiro atoms. The summed E-state index contributed by atoms with van der Waals surface area (Å²) in [6, 6.07) is 3.77. The minimum absolute atomic E-state index is 0.333. The van der Waals surface area contributed by atoms with Gasteiger partial charge >= 0.3 is 5.97 Å². The fraction of sp³-hybridized carbons (Fsp3) is 0.200. The minimum atomic E-state index is -1.99. The van der Waals surface area contributed by atoms with Crippen LogP contribution in [0, 0.1) is 21.9 Å². The second kappa shape index (κ2) is 5.67. The molecule has 9 heteroatoms. The SMILES string of the molecule is Cc1ccc([N+](=O)[O-])c(C(=O)NC(N=O)C(=O)O)c1. The Bertz CT molecular complexity index is 556. The number of amides is 1. The predicted molar refractivity (Wildman–Crippen MR) is 62.5 cm³/mol. The van der Waals surface area contributed by atoms with Gasteiger partial charge in [0.15, 0.2) is 0 Å². The number of aryl methyl sites for hydroxylation is 1. The normalized spacial score (nSPS) is 11.4. The number of hydrogen-bond acceptors (Lipinski definition) is 6. The van der Waals surface area contributed by atoms with Gasteiger partial charge in [0.05, 0.1) is 4.92 Å². The summed E-state index contributed by atoms with van der Waals surface area (Å²) in [5.41, 5.74) is -0.250. The molecule has 0 saturated carbocycles. The van der Waals surface area contributed by atoms with E-state index in [9.17, 15) is 24.6 Å². The Balaban J connectivity index is 3.11. The van der Waals surface area contributed by atoms with Crippen molar-refractivity contribution < 1.29 is 19.6 Å². The predicted octanol–water partition coefficient (Wildman–Crippen LogP) is 0.810. The molecule has 1 atom stereocenters. The smallest absolute Gasteiger partial charge is 0.352 e. The van der Waals surface area contributed by atoms with E-state index in [0.29, 0.717) is 5.56 Å². The summed E-state index contributed by atoms with van der Waals surface area (Å²) in [6.07, 6.45) is -1.99. The molecule has 0 heterocycles. The Morgan fingerprint density at radius 3 is 2.58 bits per heavy atom. The molecule has 0 aliphatic rings. The van der Waals surface area contributed by atoms with E-state index < -0.39 is 28.7 Å². The number of nitro groups is 1. The molecule has 0 aliphatic heterocycles. The molecule has 1 amide bonds. The first-order valence-electron chi connectivity index (χ1n) is 4.98. The van der Waals surface area contributed by atoms with Gasteiger partial charge in [-0.3, -0.25) is 14.9 Å². The van der Waals surface area contributed by atoms with Gasteiger partial charge in [-0.05, 0) is 23.7 Å². The monoisotopic (exact) mass is 267 g/mol. The van der Waals surface area contributed by atoms with Gasteiger partial charge < -0.3 is 10.4 Å². The zero-order valence-electron chi connectivity index (χ0n) is 9.69. The van der Waals surface area contributed by atoms with E-state index in [1.165, 1.54) is 12.1 Å². The van der Waals surface area contributed by atoms with Crippen LogP contribution in [-0.4, -0.2) is 28.1 Å². The zero-order chi connectivity index (χ0) is 14.6. The van der Waals surface area contributed by atoms with E-state index in [4.69, 9.17) is 5.11 Å². The minimum Gasteiger partial charge on any atom is -0.478 e. The summed E-state index contributed by atoms with van der Waals surface area (Å²) in [6.45, 7) is 1.60. The van der Waals surface area contributed by atoms with Crippen molar-refractivity contribution in [1.29, 1.82) is 0 Å². The number of carboxylic acid groups (broad SMARTS) is 1. The molecule has 1 rings (SSSR count). The number of carbonyl (C=O) groups is 2. The number of nitroso groups, excluding NO2 is 1. The number of aliphatic carboxylic acids is 1. The lowest BCUT2D eigenvalue weighted by Gasteiger charge is -2.08. The summed E-state index contributed by atoms with van der Waals surface area (Å²) in [5.74, 6) is -2.71. The maximum atomic E-state index is 11.7. The van der Waals surface area contributed by atoms with Gasteiger partial charge in [0.1, 0.15) is 5.56 Å². The number of nitro benzene ring substituents is 1. The highest BCUT2D eigenvalue weighted by molar-refractivity contribution is 6.00. The topological polar surface area (TPSA) is 139 Å². The Hall–Kier alpha value is -2.84. The van der Waals surface area contributed by atoms with Crippen molar-refractivity contribution >= 4 is 17.6 Å². The lowest BCUT2D eigenvalue weighted by Crippen LogP contribution is -2.39. The molecule has 2 N–H and O–H groups in total. The largest absolute Gasteiger partial charge is 0.478 e. The molecule has 1 aromatic rings. The number of benzene rings is 1. The van der Waals surface area contributed by atoms with Gasteiger partial charge in [-0.2, -0.15) is 0 Å². The van der Waals surface area contributed by atoms with Crippen molar-refractivity contribution in [3.8, 4) is 0 Å². The highest BCUT2D eigenvalue weighted by atomic mass is 16.6. The number of rotatable bonds is 5. The van der Waals surface area contributed by atoms with Crippen LogP contribution in [0.4, 0.5) is 5.69 Å². The molecule has 100 valence electrons. The molecule has 0 bridgehead atoms. The molecule has 1 aromatic carbocycles. The summed E-state index contributed by atoms with van der Waals surface area (Å²) in [7, 11) is 0. The van der Waals surface area contributed by atoms with Crippen LogP contribution in [0.3, 0.4) is 0 Å². The third-order valence-electron chi connectivity index (χ3n) is 2.20. The van der Waals surface area contributed by atoms with Crippen molar-refractivity contribution in [1.82, 2.24) is 5.32 Å². The van der Waals surface area contributed by atoms with Crippen molar-refractivity contribution in [2.24, 2.45) is 5.18 Å². The van der Waals surface area contributed by atoms with Crippen LogP contribution in [0.5, 0.6) is 0 Å². The average molecular weight is 267 g/mol. The molecule has 19 heavy (non-hydrogen) atoms. The number of nitrogens with zero attached hydrogens (tertiary/aromatic N) is 2. The number of carbonyl (C=O) groups excluding carboxylic acids is 1. The zero-order valence-corrected chi connectivity index (χ0v) is 9.69. The summed E-state index contributed by atoms with van der Waals surface area (Å²) in [4.78, 5) is 42.4. The van der Waals surface area contributed by atoms with E-state index in [-0.39, 0.29) is 5.56 Å². The third-order valence-corrected chi connectivity index (χ3v) is 2.20. The van der Waals surface area contributed by atoms with E-state index in [1.54, 1.807) is 12.2 Å². The highest BCUT2D eigenvalue weighted by Gasteiger charge is 2.26. The maximum Gasteiger partial charge on any atom is 0.352 e. The first-order chi connectivity index (χ1) is 8.86. The standard InChI is InChI=1S/C10H9N3O6/c1-5-2-3-7(13(18)19)6(4-5)9(14)11-8(12-17)10(15)16/h2-4,8H,1H3,(H,11,14)(H,15,16). The molecular formula is C10H9N3O6. The van der Waals surface area contributed by atoms with Crippen LogP contribution in [0.1, 0.15) is 15.9 Å². The van der Waals surface area contributed by atoms with Gasteiger partial charge in [-0.1, -0.05) is 6.07 Å². The van der Waals surface area contributed by atoms with E-state index in [1.807, 2.05) is 0 Å². The molecule has 0 aliphatic carbocycles. The Labute approximate surface area is 106 Å². The van der Waals surface area contributed by atoms with Gasteiger partial charge in [0, 0.05) is 6.07 Å². The van der Waals surface area contributed by atoms with Gasteiger partial charge in [-0.15, -0.1) is 4.91 Å². The molecule has 0 fully saturated rings. The van der Waals surface area contributed by atoms with Gasteiger partial charge in [0.2, 0.25) is 0 Å². The van der Waals surface area contributed by atoms with Gasteiger partial charge in [-0.25, -0.2) is 4.79 Å². The van der Waals surface area contributed by atoms with Crippen molar-refractivity contribution in [2.45, 2.75) is 13.1 Å².